The van der Waals surface area contributed by atoms with Crippen LogP contribution in [-0.4, -0.2) is 16.5 Å². The van der Waals surface area contributed by atoms with Crippen molar-refractivity contribution in [1.29, 1.82) is 0 Å². The molecule has 0 saturated heterocycles. The van der Waals surface area contributed by atoms with Gasteiger partial charge in [0.1, 0.15) is 5.82 Å². The lowest BCUT2D eigenvalue weighted by Crippen LogP contribution is -2.04. The van der Waals surface area contributed by atoms with E-state index in [1.54, 1.807) is 18.3 Å². The number of hydrogen-bond acceptors (Lipinski definition) is 4. The first kappa shape index (κ1) is 14.9. The predicted octanol–water partition coefficient (Wildman–Crippen LogP) is 4.62. The van der Waals surface area contributed by atoms with Crippen LogP contribution >= 0.6 is 23.2 Å². The van der Waals surface area contributed by atoms with Crippen molar-refractivity contribution in [2.24, 2.45) is 0 Å². The molecule has 6 heteroatoms. The third-order valence-electron chi connectivity index (χ3n) is 2.68. The first-order valence-electron chi connectivity index (χ1n) is 6.22. The number of aromatic nitrogens is 2. The van der Waals surface area contributed by atoms with Gasteiger partial charge in [-0.25, -0.2) is 4.98 Å². The Morgan fingerprint density at radius 1 is 1.20 bits per heavy atom. The van der Waals surface area contributed by atoms with Crippen LogP contribution in [0.1, 0.15) is 18.1 Å². The second-order valence-electron chi connectivity index (χ2n) is 4.35. The zero-order valence-corrected chi connectivity index (χ0v) is 13.0. The second-order valence-corrected chi connectivity index (χ2v) is 5.19. The summed E-state index contributed by atoms with van der Waals surface area (Å²) in [6, 6.07) is 3.66. The van der Waals surface area contributed by atoms with Gasteiger partial charge in [0, 0.05) is 23.3 Å². The molecule has 0 radical (unpaired) electrons. The SMILES string of the molecule is CCNc1nc(Oc2c(C)cc(Cl)cc2Cl)ncc1C. The van der Waals surface area contributed by atoms with E-state index in [0.717, 1.165) is 23.5 Å². The van der Waals surface area contributed by atoms with E-state index in [4.69, 9.17) is 27.9 Å². The first-order chi connectivity index (χ1) is 9.51. The van der Waals surface area contributed by atoms with Crippen LogP contribution in [0.3, 0.4) is 0 Å². The number of ether oxygens (including phenoxy) is 1. The molecule has 0 bridgehead atoms. The molecule has 1 heterocycles. The number of anilines is 1. The molecule has 1 aromatic carbocycles. The molecule has 0 amide bonds. The van der Waals surface area contributed by atoms with Crippen molar-refractivity contribution < 1.29 is 4.74 Å². The molecule has 0 aliphatic rings. The normalized spacial score (nSPS) is 10.4. The Morgan fingerprint density at radius 3 is 2.60 bits per heavy atom. The average Bonchev–Trinajstić information content (AvgIpc) is 2.37. The maximum absolute atomic E-state index is 6.14. The van der Waals surface area contributed by atoms with E-state index in [1.165, 1.54) is 0 Å². The largest absolute Gasteiger partial charge is 0.422 e. The van der Waals surface area contributed by atoms with Crippen molar-refractivity contribution >= 4 is 29.0 Å². The van der Waals surface area contributed by atoms with Gasteiger partial charge in [0.05, 0.1) is 5.02 Å². The van der Waals surface area contributed by atoms with Crippen LogP contribution in [0.4, 0.5) is 5.82 Å². The Bertz CT molecular complexity index is 609. The molecule has 2 rings (SSSR count). The Hall–Kier alpha value is -1.52. The van der Waals surface area contributed by atoms with Gasteiger partial charge in [-0.1, -0.05) is 23.2 Å². The Balaban J connectivity index is 2.33. The van der Waals surface area contributed by atoms with Gasteiger partial charge >= 0.3 is 6.01 Å². The standard InChI is InChI=1S/C14H15Cl2N3O/c1-4-17-13-9(3)7-18-14(19-13)20-12-8(2)5-10(15)6-11(12)16/h5-7H,4H2,1-3H3,(H,17,18,19). The lowest BCUT2D eigenvalue weighted by molar-refractivity contribution is 0.439. The first-order valence-corrected chi connectivity index (χ1v) is 6.98. The van der Waals surface area contributed by atoms with E-state index in [9.17, 15) is 0 Å². The molecular weight excluding hydrogens is 297 g/mol. The van der Waals surface area contributed by atoms with Crippen molar-refractivity contribution in [3.05, 3.63) is 39.5 Å². The van der Waals surface area contributed by atoms with Crippen LogP contribution in [0.15, 0.2) is 18.3 Å². The van der Waals surface area contributed by atoms with Gasteiger partial charge in [0.2, 0.25) is 0 Å². The number of hydrogen-bond donors (Lipinski definition) is 1. The van der Waals surface area contributed by atoms with E-state index in [0.29, 0.717) is 15.8 Å². The number of nitrogens with one attached hydrogen (secondary N) is 1. The molecule has 0 spiro atoms. The third kappa shape index (κ3) is 3.32. The molecule has 0 fully saturated rings. The summed E-state index contributed by atoms with van der Waals surface area (Å²) in [5, 5.41) is 4.16. The molecule has 106 valence electrons. The van der Waals surface area contributed by atoms with Crippen LogP contribution in [0.25, 0.3) is 0 Å². The van der Waals surface area contributed by atoms with E-state index >= 15 is 0 Å². The predicted molar refractivity (Wildman–Crippen MR) is 82.2 cm³/mol. The molecule has 0 unspecified atom stereocenters. The van der Waals surface area contributed by atoms with Gasteiger partial charge < -0.3 is 10.1 Å². The minimum atomic E-state index is 0.249. The number of nitrogens with zero attached hydrogens (tertiary/aromatic N) is 2. The zero-order chi connectivity index (χ0) is 14.7. The van der Waals surface area contributed by atoms with Crippen LogP contribution < -0.4 is 10.1 Å². The average molecular weight is 312 g/mol. The summed E-state index contributed by atoms with van der Waals surface area (Å²) >= 11 is 12.1. The molecule has 1 N–H and O–H groups in total. The van der Waals surface area contributed by atoms with E-state index in [-0.39, 0.29) is 6.01 Å². The third-order valence-corrected chi connectivity index (χ3v) is 3.18. The van der Waals surface area contributed by atoms with Crippen molar-refractivity contribution in [1.82, 2.24) is 9.97 Å². The van der Waals surface area contributed by atoms with Gasteiger partial charge in [-0.15, -0.1) is 0 Å². The van der Waals surface area contributed by atoms with Crippen LogP contribution in [0, 0.1) is 13.8 Å². The van der Waals surface area contributed by atoms with Crippen molar-refractivity contribution in [2.45, 2.75) is 20.8 Å². The lowest BCUT2D eigenvalue weighted by Gasteiger charge is -2.11. The van der Waals surface area contributed by atoms with Gasteiger partial charge in [0.25, 0.3) is 0 Å². The summed E-state index contributed by atoms with van der Waals surface area (Å²) in [7, 11) is 0. The topological polar surface area (TPSA) is 47.0 Å². The quantitative estimate of drug-likeness (QED) is 0.894. The van der Waals surface area contributed by atoms with E-state index in [1.807, 2.05) is 20.8 Å². The van der Waals surface area contributed by atoms with Gasteiger partial charge in [-0.2, -0.15) is 4.98 Å². The minimum Gasteiger partial charge on any atom is -0.422 e. The number of rotatable bonds is 4. The highest BCUT2D eigenvalue weighted by atomic mass is 35.5. The van der Waals surface area contributed by atoms with Crippen molar-refractivity contribution in [3.8, 4) is 11.8 Å². The molecule has 20 heavy (non-hydrogen) atoms. The fraction of sp³-hybridized carbons (Fsp3) is 0.286. The molecular formula is C14H15Cl2N3O. The summed E-state index contributed by atoms with van der Waals surface area (Å²) in [6.07, 6.45) is 1.71. The maximum atomic E-state index is 6.14. The number of benzene rings is 1. The summed E-state index contributed by atoms with van der Waals surface area (Å²) in [5.41, 5.74) is 1.79. The van der Waals surface area contributed by atoms with Gasteiger partial charge in [-0.3, -0.25) is 0 Å². The monoisotopic (exact) mass is 311 g/mol. The molecule has 0 atom stereocenters. The highest BCUT2D eigenvalue weighted by Crippen LogP contribution is 2.34. The number of halogens is 2. The van der Waals surface area contributed by atoms with E-state index < -0.39 is 0 Å². The Kier molecular flexibility index (Phi) is 4.68. The fourth-order valence-corrected chi connectivity index (χ4v) is 2.36. The van der Waals surface area contributed by atoms with Crippen molar-refractivity contribution in [3.63, 3.8) is 0 Å². The molecule has 4 nitrogen and oxygen atoms in total. The molecule has 0 saturated carbocycles. The van der Waals surface area contributed by atoms with E-state index in [2.05, 4.69) is 15.3 Å². The second kappa shape index (κ2) is 6.29. The minimum absolute atomic E-state index is 0.249. The molecule has 0 aliphatic carbocycles. The smallest absolute Gasteiger partial charge is 0.323 e. The Morgan fingerprint density at radius 2 is 1.95 bits per heavy atom. The summed E-state index contributed by atoms with van der Waals surface area (Å²) in [5.74, 6) is 1.27. The van der Waals surface area contributed by atoms with Gasteiger partial charge in [-0.05, 0) is 38.5 Å². The van der Waals surface area contributed by atoms with Crippen LogP contribution in [-0.2, 0) is 0 Å². The fourth-order valence-electron chi connectivity index (χ4n) is 1.73. The summed E-state index contributed by atoms with van der Waals surface area (Å²) in [6.45, 7) is 6.58. The Labute approximate surface area is 128 Å². The summed E-state index contributed by atoms with van der Waals surface area (Å²) < 4.78 is 5.68. The zero-order valence-electron chi connectivity index (χ0n) is 11.5. The van der Waals surface area contributed by atoms with Gasteiger partial charge in [0.15, 0.2) is 5.75 Å². The van der Waals surface area contributed by atoms with Crippen LogP contribution in [0.2, 0.25) is 10.0 Å². The number of aryl methyl sites for hydroxylation is 2. The summed E-state index contributed by atoms with van der Waals surface area (Å²) in [4.78, 5) is 8.48. The molecule has 2 aromatic rings. The highest BCUT2D eigenvalue weighted by Gasteiger charge is 2.11. The van der Waals surface area contributed by atoms with Crippen LogP contribution in [0.5, 0.6) is 11.8 Å². The lowest BCUT2D eigenvalue weighted by atomic mass is 10.2. The molecule has 1 aromatic heterocycles. The molecule has 0 aliphatic heterocycles. The highest BCUT2D eigenvalue weighted by molar-refractivity contribution is 6.35. The maximum Gasteiger partial charge on any atom is 0.323 e. The van der Waals surface area contributed by atoms with Crippen molar-refractivity contribution in [2.75, 3.05) is 11.9 Å².